The van der Waals surface area contributed by atoms with Gasteiger partial charge in [0.15, 0.2) is 0 Å². The lowest BCUT2D eigenvalue weighted by Gasteiger charge is -2.08. The smallest absolute Gasteiger partial charge is 0.0569 e. The van der Waals surface area contributed by atoms with Crippen molar-refractivity contribution in [3.63, 3.8) is 0 Å². The summed E-state index contributed by atoms with van der Waals surface area (Å²) in [6.07, 6.45) is 4.25. The van der Waals surface area contributed by atoms with Gasteiger partial charge in [-0.1, -0.05) is 25.1 Å². The Balaban J connectivity index is 1.98. The number of thiophene rings is 1. The van der Waals surface area contributed by atoms with Crippen LogP contribution in [-0.2, 0) is 19.4 Å². The van der Waals surface area contributed by atoms with Gasteiger partial charge in [0, 0.05) is 16.0 Å². The van der Waals surface area contributed by atoms with E-state index in [-0.39, 0.29) is 0 Å². The highest BCUT2D eigenvalue weighted by Gasteiger charge is 2.07. The number of aryl methyl sites for hydroxylation is 1. The van der Waals surface area contributed by atoms with Crippen LogP contribution in [0.2, 0.25) is 0 Å². The molecule has 0 saturated carbocycles. The van der Waals surface area contributed by atoms with Crippen LogP contribution >= 0.6 is 11.3 Å². The van der Waals surface area contributed by atoms with Gasteiger partial charge in [-0.2, -0.15) is 0 Å². The number of rotatable bonds is 5. The molecule has 2 N–H and O–H groups in total. The predicted octanol–water partition coefficient (Wildman–Crippen LogP) is 3.81. The van der Waals surface area contributed by atoms with Crippen LogP contribution < -0.4 is 5.73 Å². The molecule has 0 spiro atoms. The zero-order valence-electron chi connectivity index (χ0n) is 11.8. The van der Waals surface area contributed by atoms with E-state index in [2.05, 4.69) is 54.1 Å². The van der Waals surface area contributed by atoms with Gasteiger partial charge >= 0.3 is 0 Å². The van der Waals surface area contributed by atoms with Gasteiger partial charge in [0.1, 0.15) is 0 Å². The first-order valence-corrected chi connectivity index (χ1v) is 7.98. The number of aromatic nitrogens is 1. The summed E-state index contributed by atoms with van der Waals surface area (Å²) >= 11 is 1.91. The molecule has 0 aliphatic rings. The average molecular weight is 284 g/mol. The Bertz CT molecular complexity index is 709. The molecule has 0 aliphatic carbocycles. The van der Waals surface area contributed by atoms with Crippen molar-refractivity contribution in [2.45, 2.75) is 26.3 Å². The molecule has 0 fully saturated rings. The van der Waals surface area contributed by atoms with Crippen molar-refractivity contribution in [3.8, 4) is 0 Å². The Labute approximate surface area is 123 Å². The number of fused-ring (bicyclic) bond motifs is 1. The maximum atomic E-state index is 5.74. The highest BCUT2D eigenvalue weighted by Crippen LogP contribution is 2.24. The molecule has 0 unspecified atom stereocenters. The number of hydrogen-bond acceptors (Lipinski definition) is 2. The Kier molecular flexibility index (Phi) is 3.90. The number of nitrogens with two attached hydrogens (primary N) is 1. The second kappa shape index (κ2) is 5.81. The Morgan fingerprint density at radius 2 is 1.95 bits per heavy atom. The minimum absolute atomic E-state index is 0.698. The molecule has 20 heavy (non-hydrogen) atoms. The van der Waals surface area contributed by atoms with E-state index in [1.54, 1.807) is 0 Å². The first kappa shape index (κ1) is 13.4. The molecule has 2 heterocycles. The average Bonchev–Trinajstić information content (AvgIpc) is 3.07. The minimum Gasteiger partial charge on any atom is -0.342 e. The number of benzene rings is 1. The van der Waals surface area contributed by atoms with Gasteiger partial charge in [-0.15, -0.1) is 11.3 Å². The molecule has 3 heteroatoms. The van der Waals surface area contributed by atoms with Gasteiger partial charge in [-0.05, 0) is 48.5 Å². The molecule has 3 rings (SSSR count). The Morgan fingerprint density at radius 1 is 1.10 bits per heavy atom. The van der Waals surface area contributed by atoms with Gasteiger partial charge in [-0.3, -0.25) is 0 Å². The van der Waals surface area contributed by atoms with Crippen molar-refractivity contribution in [3.05, 3.63) is 57.9 Å². The summed E-state index contributed by atoms with van der Waals surface area (Å²) in [7, 11) is 0. The number of para-hydroxylation sites is 1. The van der Waals surface area contributed by atoms with E-state index < -0.39 is 0 Å². The van der Waals surface area contributed by atoms with Crippen molar-refractivity contribution >= 4 is 22.2 Å². The number of nitrogens with zero attached hydrogens (tertiary/aromatic N) is 1. The van der Waals surface area contributed by atoms with E-state index in [9.17, 15) is 0 Å². The van der Waals surface area contributed by atoms with Crippen LogP contribution in [0.5, 0.6) is 0 Å². The van der Waals surface area contributed by atoms with E-state index in [0.717, 1.165) is 19.4 Å². The van der Waals surface area contributed by atoms with Crippen molar-refractivity contribution in [1.29, 1.82) is 0 Å². The van der Waals surface area contributed by atoms with Gasteiger partial charge in [0.2, 0.25) is 0 Å². The second-order valence-corrected chi connectivity index (χ2v) is 6.31. The van der Waals surface area contributed by atoms with Crippen LogP contribution in [-0.4, -0.2) is 11.1 Å². The highest BCUT2D eigenvalue weighted by molar-refractivity contribution is 7.11. The summed E-state index contributed by atoms with van der Waals surface area (Å²) in [5, 5.41) is 1.31. The largest absolute Gasteiger partial charge is 0.342 e. The zero-order valence-corrected chi connectivity index (χ0v) is 12.6. The molecule has 0 saturated heterocycles. The first-order valence-electron chi connectivity index (χ1n) is 7.16. The summed E-state index contributed by atoms with van der Waals surface area (Å²) in [4.78, 5) is 2.88. The summed E-state index contributed by atoms with van der Waals surface area (Å²) < 4.78 is 2.35. The third-order valence-electron chi connectivity index (χ3n) is 3.68. The molecule has 2 aromatic heterocycles. The Hall–Kier alpha value is -1.58. The molecule has 0 aliphatic heterocycles. The normalized spacial score (nSPS) is 11.3. The predicted molar refractivity (Wildman–Crippen MR) is 87.5 cm³/mol. The Morgan fingerprint density at radius 3 is 2.70 bits per heavy atom. The fourth-order valence-electron chi connectivity index (χ4n) is 2.69. The molecule has 0 amide bonds. The number of hydrogen-bond donors (Lipinski definition) is 1. The molecular weight excluding hydrogens is 264 g/mol. The standard InChI is InChI=1S/C17H20N2S/c1-2-15-6-7-16(20-15)12-19-11-9-14-5-3-4-13(8-10-18)17(14)19/h3-7,9,11H,2,8,10,12,18H2,1H3. The van der Waals surface area contributed by atoms with Gasteiger partial charge in [0.25, 0.3) is 0 Å². The summed E-state index contributed by atoms with van der Waals surface area (Å²) in [6, 6.07) is 13.2. The van der Waals surface area contributed by atoms with Crippen LogP contribution in [0, 0.1) is 0 Å². The van der Waals surface area contributed by atoms with Crippen LogP contribution in [0.25, 0.3) is 10.9 Å². The molecule has 2 nitrogen and oxygen atoms in total. The molecule has 0 atom stereocenters. The lowest BCUT2D eigenvalue weighted by Crippen LogP contribution is -2.05. The van der Waals surface area contributed by atoms with Crippen LogP contribution in [0.3, 0.4) is 0 Å². The summed E-state index contributed by atoms with van der Waals surface area (Å²) in [5.74, 6) is 0. The van der Waals surface area contributed by atoms with Crippen LogP contribution in [0.4, 0.5) is 0 Å². The van der Waals surface area contributed by atoms with E-state index >= 15 is 0 Å². The van der Waals surface area contributed by atoms with E-state index in [1.165, 1.54) is 26.2 Å². The zero-order chi connectivity index (χ0) is 13.9. The maximum Gasteiger partial charge on any atom is 0.0569 e. The third kappa shape index (κ3) is 2.51. The van der Waals surface area contributed by atoms with Gasteiger partial charge < -0.3 is 10.3 Å². The molecule has 0 radical (unpaired) electrons. The summed E-state index contributed by atoms with van der Waals surface area (Å²) in [6.45, 7) is 3.86. The molecule has 0 bridgehead atoms. The minimum atomic E-state index is 0.698. The molecule has 104 valence electrons. The van der Waals surface area contributed by atoms with Gasteiger partial charge in [0.05, 0.1) is 12.1 Å². The van der Waals surface area contributed by atoms with E-state index in [0.29, 0.717) is 6.54 Å². The molecular formula is C17H20N2S. The van der Waals surface area contributed by atoms with Crippen LogP contribution in [0.1, 0.15) is 22.2 Å². The van der Waals surface area contributed by atoms with Crippen LogP contribution in [0.15, 0.2) is 42.6 Å². The van der Waals surface area contributed by atoms with Crippen molar-refractivity contribution in [2.75, 3.05) is 6.54 Å². The molecule has 3 aromatic rings. The first-order chi connectivity index (χ1) is 9.81. The fraction of sp³-hybridized carbons (Fsp3) is 0.294. The third-order valence-corrected chi connectivity index (χ3v) is 4.89. The quantitative estimate of drug-likeness (QED) is 0.759. The van der Waals surface area contributed by atoms with Crippen molar-refractivity contribution in [2.24, 2.45) is 5.73 Å². The lowest BCUT2D eigenvalue weighted by molar-refractivity contribution is 0.841. The van der Waals surface area contributed by atoms with Gasteiger partial charge in [-0.25, -0.2) is 0 Å². The van der Waals surface area contributed by atoms with Crippen molar-refractivity contribution in [1.82, 2.24) is 4.57 Å². The maximum absolute atomic E-state index is 5.74. The summed E-state index contributed by atoms with van der Waals surface area (Å²) in [5.41, 5.74) is 8.42. The SMILES string of the molecule is CCc1ccc(Cn2ccc3cccc(CCN)c32)s1. The lowest BCUT2D eigenvalue weighted by atomic mass is 10.1. The van der Waals surface area contributed by atoms with Crippen molar-refractivity contribution < 1.29 is 0 Å². The fourth-order valence-corrected chi connectivity index (χ4v) is 3.65. The molecule has 1 aromatic carbocycles. The van der Waals surface area contributed by atoms with E-state index in [1.807, 2.05) is 11.3 Å². The topological polar surface area (TPSA) is 30.9 Å². The van der Waals surface area contributed by atoms with E-state index in [4.69, 9.17) is 5.73 Å². The second-order valence-electron chi connectivity index (χ2n) is 5.06. The highest BCUT2D eigenvalue weighted by atomic mass is 32.1. The monoisotopic (exact) mass is 284 g/mol.